The van der Waals surface area contributed by atoms with E-state index in [4.69, 9.17) is 23.2 Å². The van der Waals surface area contributed by atoms with Gasteiger partial charge in [-0.05, 0) is 50.5 Å². The van der Waals surface area contributed by atoms with Crippen molar-refractivity contribution in [3.05, 3.63) is 58.1 Å². The molecule has 0 amide bonds. The number of hydrogen-bond donors (Lipinski definition) is 0. The van der Waals surface area contributed by atoms with Crippen LogP contribution in [0, 0.1) is 5.41 Å². The van der Waals surface area contributed by atoms with E-state index in [2.05, 4.69) is 19.1 Å². The number of hydrogen-bond acceptors (Lipinski definition) is 2. The maximum absolute atomic E-state index is 13.0. The highest BCUT2D eigenvalue weighted by atomic mass is 35.5. The van der Waals surface area contributed by atoms with E-state index < -0.39 is 10.0 Å². The highest BCUT2D eigenvalue weighted by molar-refractivity contribution is 7.89. The number of rotatable bonds is 3. The number of halogens is 2. The average molecular weight is 414 g/mol. The van der Waals surface area contributed by atoms with Crippen LogP contribution in [0.2, 0.25) is 5.02 Å². The van der Waals surface area contributed by atoms with Gasteiger partial charge in [0.25, 0.3) is 0 Å². The highest BCUT2D eigenvalue weighted by Crippen LogP contribution is 2.48. The molecule has 6 heteroatoms. The van der Waals surface area contributed by atoms with E-state index in [1.807, 2.05) is 44.2 Å². The van der Waals surface area contributed by atoms with Crippen molar-refractivity contribution in [1.82, 2.24) is 4.31 Å². The first-order chi connectivity index (χ1) is 12.1. The Balaban J connectivity index is 2.13. The van der Waals surface area contributed by atoms with Crippen molar-refractivity contribution >= 4 is 33.2 Å². The van der Waals surface area contributed by atoms with E-state index in [1.54, 1.807) is 4.31 Å². The normalized spacial score (nSPS) is 31.8. The zero-order valence-electron chi connectivity index (χ0n) is 15.3. The van der Waals surface area contributed by atoms with E-state index in [-0.39, 0.29) is 29.2 Å². The molecule has 3 nitrogen and oxygen atoms in total. The molecule has 142 valence electrons. The summed E-state index contributed by atoms with van der Waals surface area (Å²) in [6.45, 7) is 6.02. The summed E-state index contributed by atoms with van der Waals surface area (Å²) < 4.78 is 27.6. The van der Waals surface area contributed by atoms with Gasteiger partial charge >= 0.3 is 0 Å². The third-order valence-electron chi connectivity index (χ3n) is 5.48. The molecule has 0 radical (unpaired) electrons. The van der Waals surface area contributed by atoms with Crippen LogP contribution in [0.5, 0.6) is 0 Å². The smallest absolute Gasteiger partial charge is 0.212 e. The van der Waals surface area contributed by atoms with E-state index in [1.165, 1.54) is 0 Å². The van der Waals surface area contributed by atoms with E-state index >= 15 is 0 Å². The summed E-state index contributed by atoms with van der Waals surface area (Å²) in [6.07, 6.45) is 7.25. The number of allylic oxidation sites excluding steroid dienone is 3. The van der Waals surface area contributed by atoms with Gasteiger partial charge in [0.05, 0.1) is 5.75 Å². The molecule has 1 aromatic rings. The van der Waals surface area contributed by atoms with Crippen molar-refractivity contribution in [1.29, 1.82) is 0 Å². The lowest BCUT2D eigenvalue weighted by Gasteiger charge is -2.51. The fourth-order valence-electron chi connectivity index (χ4n) is 4.31. The Morgan fingerprint density at radius 1 is 1.27 bits per heavy atom. The van der Waals surface area contributed by atoms with Gasteiger partial charge in [-0.3, -0.25) is 0 Å². The Bertz CT molecular complexity index is 847. The standard InChI is InChI=1S/C20H25Cl2NO2S/c1-14(2)23-19(20(3)10-7-16(21)8-11-20)18(9-12-26(23,24)25)15-5-4-6-17(22)13-15/h4-8,10,13-14,18-19H,9,11-12H2,1-3H3. The minimum Gasteiger partial charge on any atom is -0.212 e. The maximum atomic E-state index is 13.0. The molecule has 0 N–H and O–H groups in total. The summed E-state index contributed by atoms with van der Waals surface area (Å²) in [7, 11) is -3.31. The molecule has 1 aliphatic heterocycles. The summed E-state index contributed by atoms with van der Waals surface area (Å²) >= 11 is 12.4. The highest BCUT2D eigenvalue weighted by Gasteiger charge is 2.50. The Morgan fingerprint density at radius 2 is 2.00 bits per heavy atom. The third-order valence-corrected chi connectivity index (χ3v) is 8.04. The van der Waals surface area contributed by atoms with Crippen LogP contribution in [0.15, 0.2) is 47.5 Å². The van der Waals surface area contributed by atoms with E-state index in [0.717, 1.165) is 5.56 Å². The molecule has 3 atom stereocenters. The molecule has 1 saturated heterocycles. The second-order valence-electron chi connectivity index (χ2n) is 7.77. The summed E-state index contributed by atoms with van der Waals surface area (Å²) in [6, 6.07) is 7.51. The molecule has 1 fully saturated rings. The third kappa shape index (κ3) is 3.75. The lowest BCUT2D eigenvalue weighted by molar-refractivity contribution is 0.121. The molecule has 0 saturated carbocycles. The number of benzene rings is 1. The van der Waals surface area contributed by atoms with Crippen molar-refractivity contribution in [3.8, 4) is 0 Å². The first-order valence-electron chi connectivity index (χ1n) is 8.96. The number of nitrogens with zero attached hydrogens (tertiary/aromatic N) is 1. The summed E-state index contributed by atoms with van der Waals surface area (Å²) in [5.41, 5.74) is 0.765. The van der Waals surface area contributed by atoms with Crippen LogP contribution in [0.3, 0.4) is 0 Å². The van der Waals surface area contributed by atoms with Crippen LogP contribution >= 0.6 is 23.2 Å². The lowest BCUT2D eigenvalue weighted by Crippen LogP contribution is -2.58. The quantitative estimate of drug-likeness (QED) is 0.671. The van der Waals surface area contributed by atoms with Crippen LogP contribution in [0.4, 0.5) is 0 Å². The van der Waals surface area contributed by atoms with Crippen molar-refractivity contribution in [2.45, 2.75) is 51.6 Å². The minimum absolute atomic E-state index is 0.0829. The van der Waals surface area contributed by atoms with E-state index in [0.29, 0.717) is 22.9 Å². The number of sulfonamides is 1. The molecule has 1 aliphatic carbocycles. The zero-order valence-corrected chi connectivity index (χ0v) is 17.7. The van der Waals surface area contributed by atoms with Gasteiger partial charge in [0, 0.05) is 33.5 Å². The van der Waals surface area contributed by atoms with Gasteiger partial charge in [0.2, 0.25) is 10.0 Å². The molecule has 0 bridgehead atoms. The van der Waals surface area contributed by atoms with Crippen LogP contribution < -0.4 is 0 Å². The Kier molecular flexibility index (Phi) is 5.60. The Morgan fingerprint density at radius 3 is 2.58 bits per heavy atom. The van der Waals surface area contributed by atoms with Crippen LogP contribution in [0.1, 0.15) is 45.1 Å². The molecular formula is C20H25Cl2NO2S. The predicted octanol–water partition coefficient (Wildman–Crippen LogP) is 5.33. The van der Waals surface area contributed by atoms with Gasteiger partial charge in [-0.1, -0.05) is 54.4 Å². The van der Waals surface area contributed by atoms with Gasteiger partial charge in [-0.25, -0.2) is 8.42 Å². The summed E-state index contributed by atoms with van der Waals surface area (Å²) in [5.74, 6) is 0.245. The Labute approximate surface area is 166 Å². The van der Waals surface area contributed by atoms with Crippen molar-refractivity contribution in [2.24, 2.45) is 5.41 Å². The topological polar surface area (TPSA) is 37.4 Å². The first kappa shape index (κ1) is 19.9. The first-order valence-corrected chi connectivity index (χ1v) is 11.3. The summed E-state index contributed by atoms with van der Waals surface area (Å²) in [4.78, 5) is 0. The molecular weight excluding hydrogens is 389 g/mol. The Hall–Kier alpha value is -0.810. The second-order valence-corrected chi connectivity index (χ2v) is 10.6. The molecule has 0 spiro atoms. The van der Waals surface area contributed by atoms with E-state index in [9.17, 15) is 8.42 Å². The largest absolute Gasteiger partial charge is 0.214 e. The fraction of sp³-hybridized carbons (Fsp3) is 0.500. The SMILES string of the molecule is CC(C)N1C(C2(C)C=CC(Cl)=CC2)C(c2cccc(Cl)c2)CCS1(=O)=O. The van der Waals surface area contributed by atoms with Crippen LogP contribution in [-0.2, 0) is 10.0 Å². The minimum atomic E-state index is -3.31. The van der Waals surface area contributed by atoms with Gasteiger partial charge in [-0.15, -0.1) is 0 Å². The molecule has 1 aromatic carbocycles. The van der Waals surface area contributed by atoms with Crippen molar-refractivity contribution in [2.75, 3.05) is 5.75 Å². The summed E-state index contributed by atoms with van der Waals surface area (Å²) in [5, 5.41) is 1.38. The predicted molar refractivity (Wildman–Crippen MR) is 109 cm³/mol. The van der Waals surface area contributed by atoms with Crippen LogP contribution in [0.25, 0.3) is 0 Å². The molecule has 2 aliphatic rings. The molecule has 1 heterocycles. The van der Waals surface area contributed by atoms with Crippen molar-refractivity contribution < 1.29 is 8.42 Å². The second kappa shape index (κ2) is 7.31. The van der Waals surface area contributed by atoms with Crippen LogP contribution in [-0.4, -0.2) is 30.6 Å². The molecule has 3 unspecified atom stereocenters. The molecule has 0 aromatic heterocycles. The lowest BCUT2D eigenvalue weighted by atomic mass is 9.69. The molecule has 3 rings (SSSR count). The van der Waals surface area contributed by atoms with Gasteiger partial charge in [0.15, 0.2) is 0 Å². The van der Waals surface area contributed by atoms with Gasteiger partial charge in [0.1, 0.15) is 0 Å². The molecule has 26 heavy (non-hydrogen) atoms. The fourth-order valence-corrected chi connectivity index (χ4v) is 6.79. The maximum Gasteiger partial charge on any atom is 0.214 e. The monoisotopic (exact) mass is 413 g/mol. The zero-order chi connectivity index (χ0) is 19.1. The van der Waals surface area contributed by atoms with Crippen molar-refractivity contribution in [3.63, 3.8) is 0 Å². The van der Waals surface area contributed by atoms with Gasteiger partial charge in [-0.2, -0.15) is 4.31 Å². The van der Waals surface area contributed by atoms with Gasteiger partial charge < -0.3 is 0 Å². The average Bonchev–Trinajstić information content (AvgIpc) is 2.56.